The van der Waals surface area contributed by atoms with E-state index in [-0.39, 0.29) is 10.5 Å². The fraction of sp³-hybridized carbons (Fsp3) is 0.150. The first kappa shape index (κ1) is 22.8. The van der Waals surface area contributed by atoms with Gasteiger partial charge in [0, 0.05) is 18.9 Å². The van der Waals surface area contributed by atoms with Crippen LogP contribution in [-0.4, -0.2) is 35.5 Å². The summed E-state index contributed by atoms with van der Waals surface area (Å²) in [5.41, 5.74) is 0.223. The van der Waals surface area contributed by atoms with Gasteiger partial charge in [-0.2, -0.15) is 0 Å². The number of ether oxygens (including phenoxy) is 1. The van der Waals surface area contributed by atoms with Crippen LogP contribution in [0.5, 0.6) is 5.75 Å². The van der Waals surface area contributed by atoms with Gasteiger partial charge in [-0.3, -0.25) is 4.98 Å². The number of benzene rings is 2. The average molecular weight is 469 g/mol. The number of hydrogen-bond donors (Lipinski definition) is 1. The normalized spacial score (nSPS) is 13.0. The summed E-state index contributed by atoms with van der Waals surface area (Å²) in [5.74, 6) is -1.67. The van der Waals surface area contributed by atoms with Gasteiger partial charge in [-0.15, -0.1) is 0 Å². The van der Waals surface area contributed by atoms with Crippen LogP contribution in [0.2, 0.25) is 0 Å². The average Bonchev–Trinajstić information content (AvgIpc) is 2.76. The van der Waals surface area contributed by atoms with E-state index >= 15 is 0 Å². The van der Waals surface area contributed by atoms with Gasteiger partial charge in [-0.25, -0.2) is 30.3 Å². The number of rotatable bonds is 8. The molecule has 1 unspecified atom stereocenters. The molecular weight excluding hydrogens is 450 g/mol. The number of hydrogen-bond acceptors (Lipinski definition) is 6. The van der Waals surface area contributed by atoms with Crippen molar-refractivity contribution in [3.05, 3.63) is 84.2 Å². The van der Waals surface area contributed by atoms with Crippen molar-refractivity contribution in [3.63, 3.8) is 0 Å². The van der Waals surface area contributed by atoms with Crippen LogP contribution in [0.25, 0.3) is 0 Å². The minimum absolute atomic E-state index is 0.0710. The van der Waals surface area contributed by atoms with Crippen molar-refractivity contribution in [1.29, 1.82) is 0 Å². The van der Waals surface area contributed by atoms with E-state index < -0.39 is 48.2 Å². The van der Waals surface area contributed by atoms with Gasteiger partial charge in [0.2, 0.25) is 10.0 Å². The lowest BCUT2D eigenvalue weighted by molar-refractivity contribution is 0.414. The molecule has 7 nitrogen and oxygen atoms in total. The number of halogens is 2. The molecule has 3 rings (SSSR count). The summed E-state index contributed by atoms with van der Waals surface area (Å²) in [5, 5.41) is -1.37. The first-order valence-electron chi connectivity index (χ1n) is 8.88. The summed E-state index contributed by atoms with van der Waals surface area (Å²) < 4.78 is 86.1. The quantitative estimate of drug-likeness (QED) is 0.546. The zero-order chi connectivity index (χ0) is 22.6. The monoisotopic (exact) mass is 468 g/mol. The fourth-order valence-electron chi connectivity index (χ4n) is 2.85. The summed E-state index contributed by atoms with van der Waals surface area (Å²) >= 11 is 0. The highest BCUT2D eigenvalue weighted by atomic mass is 32.2. The Kier molecular flexibility index (Phi) is 6.68. The third-order valence-electron chi connectivity index (χ3n) is 4.46. The number of nitrogens with zero attached hydrogens (tertiary/aromatic N) is 1. The molecule has 164 valence electrons. The van der Waals surface area contributed by atoms with Gasteiger partial charge in [0.05, 0.1) is 12.0 Å². The van der Waals surface area contributed by atoms with Crippen molar-refractivity contribution in [1.82, 2.24) is 9.71 Å². The van der Waals surface area contributed by atoms with Crippen LogP contribution >= 0.6 is 0 Å². The highest BCUT2D eigenvalue weighted by Crippen LogP contribution is 2.30. The lowest BCUT2D eigenvalue weighted by Crippen LogP contribution is -2.32. The van der Waals surface area contributed by atoms with Crippen molar-refractivity contribution < 1.29 is 30.4 Å². The van der Waals surface area contributed by atoms with Gasteiger partial charge in [-0.05, 0) is 54.1 Å². The Balaban J connectivity index is 1.98. The summed E-state index contributed by atoms with van der Waals surface area (Å²) in [7, 11) is -7.20. The maximum Gasteiger partial charge on any atom is 0.243 e. The zero-order valence-corrected chi connectivity index (χ0v) is 17.8. The molecule has 31 heavy (non-hydrogen) atoms. The number of nitrogens with one attached hydrogen (secondary N) is 1. The van der Waals surface area contributed by atoms with Crippen LogP contribution in [0.4, 0.5) is 8.78 Å². The second-order valence-corrected chi connectivity index (χ2v) is 10.3. The number of sulfonamides is 1. The third kappa shape index (κ3) is 5.06. The first-order chi connectivity index (χ1) is 14.6. The summed E-state index contributed by atoms with van der Waals surface area (Å²) in [6.07, 6.45) is 2.73. The maximum absolute atomic E-state index is 14.0. The van der Waals surface area contributed by atoms with Crippen LogP contribution in [0.3, 0.4) is 0 Å². The fourth-order valence-corrected chi connectivity index (χ4v) is 5.73. The lowest BCUT2D eigenvalue weighted by atomic mass is 10.2. The first-order valence-corrected chi connectivity index (χ1v) is 11.9. The van der Waals surface area contributed by atoms with Gasteiger partial charge in [-0.1, -0.05) is 6.07 Å². The van der Waals surface area contributed by atoms with E-state index in [1.54, 1.807) is 0 Å². The summed E-state index contributed by atoms with van der Waals surface area (Å²) in [6.45, 7) is -0.627. The predicted octanol–water partition coefficient (Wildman–Crippen LogP) is 2.86. The van der Waals surface area contributed by atoms with Crippen LogP contribution in [0.1, 0.15) is 10.8 Å². The molecule has 0 aliphatic rings. The number of aromatic nitrogens is 1. The molecule has 0 aliphatic carbocycles. The Morgan fingerprint density at radius 3 is 2.35 bits per heavy atom. The molecule has 1 heterocycles. The molecule has 1 N–H and O–H groups in total. The van der Waals surface area contributed by atoms with Gasteiger partial charge in [0.15, 0.2) is 9.84 Å². The highest BCUT2D eigenvalue weighted by Gasteiger charge is 2.32. The molecule has 0 fully saturated rings. The van der Waals surface area contributed by atoms with Crippen molar-refractivity contribution in [2.75, 3.05) is 13.7 Å². The molecule has 3 aromatic rings. The molecule has 0 aliphatic heterocycles. The van der Waals surface area contributed by atoms with Gasteiger partial charge in [0.25, 0.3) is 0 Å². The molecule has 1 atom stereocenters. The minimum Gasteiger partial charge on any atom is -0.497 e. The Hall–Kier alpha value is -2.89. The Morgan fingerprint density at radius 2 is 1.74 bits per heavy atom. The molecule has 1 aromatic heterocycles. The van der Waals surface area contributed by atoms with Crippen molar-refractivity contribution in [3.8, 4) is 5.75 Å². The summed E-state index contributed by atoms with van der Waals surface area (Å²) in [4.78, 5) is 2.91. The maximum atomic E-state index is 14.0. The molecular formula is C20H18F2N2O5S2. The van der Waals surface area contributed by atoms with Gasteiger partial charge >= 0.3 is 0 Å². The highest BCUT2D eigenvalue weighted by molar-refractivity contribution is 7.92. The van der Waals surface area contributed by atoms with E-state index in [1.807, 2.05) is 0 Å². The zero-order valence-electron chi connectivity index (χ0n) is 16.2. The largest absolute Gasteiger partial charge is 0.497 e. The Morgan fingerprint density at radius 1 is 1.03 bits per heavy atom. The summed E-state index contributed by atoms with van der Waals surface area (Å²) in [6, 6.07) is 10.5. The lowest BCUT2D eigenvalue weighted by Gasteiger charge is -2.19. The van der Waals surface area contributed by atoms with E-state index in [1.165, 1.54) is 55.9 Å². The van der Waals surface area contributed by atoms with E-state index in [4.69, 9.17) is 4.74 Å². The molecule has 0 spiro atoms. The number of methoxy groups -OCH3 is 1. The molecule has 0 radical (unpaired) electrons. The third-order valence-corrected chi connectivity index (χ3v) is 8.02. The van der Waals surface area contributed by atoms with Crippen molar-refractivity contribution >= 4 is 19.9 Å². The number of sulfone groups is 1. The minimum atomic E-state index is -4.54. The second kappa shape index (κ2) is 9.08. The van der Waals surface area contributed by atoms with E-state index in [9.17, 15) is 25.6 Å². The van der Waals surface area contributed by atoms with E-state index in [0.717, 1.165) is 6.07 Å². The van der Waals surface area contributed by atoms with Crippen LogP contribution < -0.4 is 9.46 Å². The molecule has 0 saturated heterocycles. The predicted molar refractivity (Wildman–Crippen MR) is 109 cm³/mol. The standard InChI is InChI=1S/C20H18F2N2O5S2/c1-29-16-5-7-17(8-6-16)30(25,26)20(14-3-2-10-23-12-14)13-24-31(27,28)19-11-15(21)4-9-18(19)22/h2-12,20,24H,13H2,1H3. The second-order valence-electron chi connectivity index (χ2n) is 6.42. The van der Waals surface area contributed by atoms with Crippen molar-refractivity contribution in [2.24, 2.45) is 0 Å². The van der Waals surface area contributed by atoms with Gasteiger partial charge in [0.1, 0.15) is 27.5 Å². The van der Waals surface area contributed by atoms with Crippen LogP contribution in [-0.2, 0) is 19.9 Å². The molecule has 11 heteroatoms. The molecule has 2 aromatic carbocycles. The van der Waals surface area contributed by atoms with E-state index in [2.05, 4.69) is 9.71 Å². The molecule has 0 saturated carbocycles. The van der Waals surface area contributed by atoms with Crippen molar-refractivity contribution in [2.45, 2.75) is 15.0 Å². The Bertz CT molecular complexity index is 1270. The van der Waals surface area contributed by atoms with Gasteiger partial charge < -0.3 is 4.74 Å². The Labute approximate surface area is 178 Å². The topological polar surface area (TPSA) is 102 Å². The number of pyridine rings is 1. The smallest absolute Gasteiger partial charge is 0.243 e. The van der Waals surface area contributed by atoms with Crippen LogP contribution in [0, 0.1) is 11.6 Å². The SMILES string of the molecule is COc1ccc(S(=O)(=O)C(CNS(=O)(=O)c2cc(F)ccc2F)c2cccnc2)cc1. The van der Waals surface area contributed by atoms with E-state index in [0.29, 0.717) is 17.9 Å². The van der Waals surface area contributed by atoms with Crippen LogP contribution in [0.15, 0.2) is 76.8 Å². The molecule has 0 bridgehead atoms. The molecule has 0 amide bonds.